The predicted molar refractivity (Wildman–Crippen MR) is 94.7 cm³/mol. The van der Waals surface area contributed by atoms with Crippen LogP contribution in [0.2, 0.25) is 0 Å². The number of fused-ring (bicyclic) bond motifs is 2. The van der Waals surface area contributed by atoms with Crippen molar-refractivity contribution < 1.29 is 4.79 Å². The lowest BCUT2D eigenvalue weighted by Crippen LogP contribution is -2.12. The minimum Gasteiger partial charge on any atom is -0.320 e. The SMILES string of the molecule is Cc1c(C(=O)Nc2cnc3ccccc3c2)sc2nc[nH]c(=O)c12. The zero-order valence-corrected chi connectivity index (χ0v) is 13.5. The molecule has 0 atom stereocenters. The van der Waals surface area contributed by atoms with Crippen LogP contribution >= 0.6 is 11.3 Å². The first-order chi connectivity index (χ1) is 11.6. The summed E-state index contributed by atoms with van der Waals surface area (Å²) < 4.78 is 0. The number of nitrogens with one attached hydrogen (secondary N) is 2. The largest absolute Gasteiger partial charge is 0.320 e. The molecule has 24 heavy (non-hydrogen) atoms. The van der Waals surface area contributed by atoms with Crippen LogP contribution in [0.3, 0.4) is 0 Å². The average Bonchev–Trinajstić information content (AvgIpc) is 2.93. The molecule has 1 amide bonds. The number of pyridine rings is 1. The van der Waals surface area contributed by atoms with E-state index >= 15 is 0 Å². The average molecular weight is 336 g/mol. The van der Waals surface area contributed by atoms with E-state index in [1.54, 1.807) is 13.1 Å². The lowest BCUT2D eigenvalue weighted by Gasteiger charge is -2.05. The van der Waals surface area contributed by atoms with Crippen LogP contribution in [0.25, 0.3) is 21.1 Å². The molecule has 3 heterocycles. The van der Waals surface area contributed by atoms with Gasteiger partial charge in [0.15, 0.2) is 0 Å². The highest BCUT2D eigenvalue weighted by molar-refractivity contribution is 7.20. The summed E-state index contributed by atoms with van der Waals surface area (Å²) in [5, 5.41) is 4.25. The second-order valence-electron chi connectivity index (χ2n) is 5.34. The number of hydrogen-bond acceptors (Lipinski definition) is 5. The van der Waals surface area contributed by atoms with E-state index in [1.807, 2.05) is 30.3 Å². The van der Waals surface area contributed by atoms with Gasteiger partial charge in [0, 0.05) is 5.39 Å². The van der Waals surface area contributed by atoms with Gasteiger partial charge in [-0.2, -0.15) is 0 Å². The highest BCUT2D eigenvalue weighted by atomic mass is 32.1. The van der Waals surface area contributed by atoms with Crippen LogP contribution in [0.15, 0.2) is 47.7 Å². The summed E-state index contributed by atoms with van der Waals surface area (Å²) in [6.07, 6.45) is 2.96. The Morgan fingerprint density at radius 1 is 1.25 bits per heavy atom. The molecule has 0 bridgehead atoms. The van der Waals surface area contributed by atoms with Crippen molar-refractivity contribution in [2.24, 2.45) is 0 Å². The lowest BCUT2D eigenvalue weighted by atomic mass is 10.2. The molecule has 1 aromatic carbocycles. The first-order valence-corrected chi connectivity index (χ1v) is 8.08. The van der Waals surface area contributed by atoms with E-state index in [1.165, 1.54) is 17.7 Å². The summed E-state index contributed by atoms with van der Waals surface area (Å²) >= 11 is 1.21. The summed E-state index contributed by atoms with van der Waals surface area (Å²) in [7, 11) is 0. The first-order valence-electron chi connectivity index (χ1n) is 7.26. The van der Waals surface area contributed by atoms with Gasteiger partial charge in [-0.25, -0.2) is 4.98 Å². The van der Waals surface area contributed by atoms with Gasteiger partial charge in [-0.1, -0.05) is 18.2 Å². The second kappa shape index (κ2) is 5.54. The Morgan fingerprint density at radius 3 is 2.92 bits per heavy atom. The smallest absolute Gasteiger partial charge is 0.266 e. The molecule has 118 valence electrons. The summed E-state index contributed by atoms with van der Waals surface area (Å²) in [5.74, 6) is -0.271. The molecule has 0 spiro atoms. The Hall–Kier alpha value is -3.06. The van der Waals surface area contributed by atoms with Gasteiger partial charge in [0.1, 0.15) is 4.83 Å². The minimum absolute atomic E-state index is 0.236. The van der Waals surface area contributed by atoms with Crippen molar-refractivity contribution in [2.45, 2.75) is 6.92 Å². The van der Waals surface area contributed by atoms with Gasteiger partial charge in [-0.05, 0) is 24.6 Å². The molecule has 0 radical (unpaired) electrons. The predicted octanol–water partition coefficient (Wildman–Crippen LogP) is 3.09. The number of hydrogen-bond donors (Lipinski definition) is 2. The number of H-pyrrole nitrogens is 1. The standard InChI is InChI=1S/C17H12N4O2S/c1-9-13-15(22)19-8-20-17(13)24-14(9)16(23)21-11-6-10-4-2-3-5-12(10)18-7-11/h2-8H,1H3,(H,21,23)(H,19,20,22). The maximum atomic E-state index is 12.6. The summed E-state index contributed by atoms with van der Waals surface area (Å²) in [6, 6.07) is 9.55. The molecule has 0 aliphatic heterocycles. The van der Waals surface area contributed by atoms with E-state index in [0.717, 1.165) is 10.9 Å². The molecule has 4 rings (SSSR count). The number of thiophene rings is 1. The molecule has 4 aromatic rings. The first kappa shape index (κ1) is 14.5. The topological polar surface area (TPSA) is 87.7 Å². The maximum Gasteiger partial charge on any atom is 0.266 e. The molecule has 0 unspecified atom stereocenters. The molecule has 6 nitrogen and oxygen atoms in total. The number of para-hydroxylation sites is 1. The summed E-state index contributed by atoms with van der Waals surface area (Å²) in [6.45, 7) is 1.75. The van der Waals surface area contributed by atoms with Gasteiger partial charge in [0.25, 0.3) is 11.5 Å². The number of carbonyl (C=O) groups is 1. The number of aromatic amines is 1. The third kappa shape index (κ3) is 2.35. The Bertz CT molecular complexity index is 1150. The van der Waals surface area contributed by atoms with E-state index in [9.17, 15) is 9.59 Å². The van der Waals surface area contributed by atoms with E-state index in [-0.39, 0.29) is 11.5 Å². The number of anilines is 1. The van der Waals surface area contributed by atoms with Gasteiger partial charge < -0.3 is 10.3 Å². The van der Waals surface area contributed by atoms with E-state index in [2.05, 4.69) is 20.3 Å². The van der Waals surface area contributed by atoms with Gasteiger partial charge in [0.05, 0.1) is 34.0 Å². The Kier molecular flexibility index (Phi) is 3.35. The number of rotatable bonds is 2. The number of benzene rings is 1. The number of amides is 1. The van der Waals surface area contributed by atoms with Crippen LogP contribution in [-0.4, -0.2) is 20.9 Å². The second-order valence-corrected chi connectivity index (χ2v) is 6.34. The van der Waals surface area contributed by atoms with Crippen molar-refractivity contribution in [1.82, 2.24) is 15.0 Å². The fourth-order valence-electron chi connectivity index (χ4n) is 2.62. The molecular weight excluding hydrogens is 324 g/mol. The summed E-state index contributed by atoms with van der Waals surface area (Å²) in [5.41, 5.74) is 1.87. The number of carbonyl (C=O) groups excluding carboxylic acids is 1. The molecule has 0 saturated carbocycles. The Morgan fingerprint density at radius 2 is 2.08 bits per heavy atom. The highest BCUT2D eigenvalue weighted by Crippen LogP contribution is 2.27. The number of aryl methyl sites for hydroxylation is 1. The van der Waals surface area contributed by atoms with Crippen molar-refractivity contribution >= 4 is 44.1 Å². The van der Waals surface area contributed by atoms with Gasteiger partial charge >= 0.3 is 0 Å². The van der Waals surface area contributed by atoms with Crippen LogP contribution < -0.4 is 10.9 Å². The molecule has 2 N–H and O–H groups in total. The van der Waals surface area contributed by atoms with E-state index in [4.69, 9.17) is 0 Å². The molecule has 0 fully saturated rings. The van der Waals surface area contributed by atoms with Gasteiger partial charge in [-0.15, -0.1) is 11.3 Å². The van der Waals surface area contributed by atoms with Crippen LogP contribution in [0.1, 0.15) is 15.2 Å². The fourth-order valence-corrected chi connectivity index (χ4v) is 3.67. The van der Waals surface area contributed by atoms with Crippen molar-refractivity contribution in [2.75, 3.05) is 5.32 Å². The van der Waals surface area contributed by atoms with Crippen LogP contribution in [0.5, 0.6) is 0 Å². The van der Waals surface area contributed by atoms with Crippen LogP contribution in [0.4, 0.5) is 5.69 Å². The normalized spacial score (nSPS) is 11.0. The van der Waals surface area contributed by atoms with Gasteiger partial charge in [0.2, 0.25) is 0 Å². The zero-order chi connectivity index (χ0) is 16.7. The van der Waals surface area contributed by atoms with Crippen molar-refractivity contribution in [3.05, 3.63) is 63.7 Å². The zero-order valence-electron chi connectivity index (χ0n) is 12.7. The molecule has 0 saturated heterocycles. The molecular formula is C17H12N4O2S. The monoisotopic (exact) mass is 336 g/mol. The van der Waals surface area contributed by atoms with Crippen molar-refractivity contribution in [1.29, 1.82) is 0 Å². The van der Waals surface area contributed by atoms with E-state index < -0.39 is 0 Å². The Labute approximate surface area is 140 Å². The van der Waals surface area contributed by atoms with Gasteiger partial charge in [-0.3, -0.25) is 14.6 Å². The van der Waals surface area contributed by atoms with Crippen LogP contribution in [-0.2, 0) is 0 Å². The van der Waals surface area contributed by atoms with Crippen LogP contribution in [0, 0.1) is 6.92 Å². The third-order valence-electron chi connectivity index (χ3n) is 3.79. The quantitative estimate of drug-likeness (QED) is 0.589. The number of aromatic nitrogens is 3. The van der Waals surface area contributed by atoms with E-state index in [0.29, 0.717) is 26.3 Å². The Balaban J connectivity index is 1.72. The molecule has 0 aliphatic rings. The number of nitrogens with zero attached hydrogens (tertiary/aromatic N) is 2. The maximum absolute atomic E-state index is 12.6. The summed E-state index contributed by atoms with van der Waals surface area (Å²) in [4.78, 5) is 36.5. The molecule has 3 aromatic heterocycles. The van der Waals surface area contributed by atoms with Crippen molar-refractivity contribution in [3.8, 4) is 0 Å². The van der Waals surface area contributed by atoms with Crippen molar-refractivity contribution in [3.63, 3.8) is 0 Å². The highest BCUT2D eigenvalue weighted by Gasteiger charge is 2.18. The molecule has 7 heteroatoms. The lowest BCUT2D eigenvalue weighted by molar-refractivity contribution is 0.103. The molecule has 0 aliphatic carbocycles. The third-order valence-corrected chi connectivity index (χ3v) is 4.99. The fraction of sp³-hybridized carbons (Fsp3) is 0.0588. The minimum atomic E-state index is -0.271.